The predicted molar refractivity (Wildman–Crippen MR) is 62.9 cm³/mol. The van der Waals surface area contributed by atoms with Crippen LogP contribution in [0.2, 0.25) is 0 Å². The molecule has 2 saturated heterocycles. The fourth-order valence-electron chi connectivity index (χ4n) is 3.27. The Balaban J connectivity index is 1.94. The lowest BCUT2D eigenvalue weighted by Gasteiger charge is -2.39. The molecule has 2 heterocycles. The summed E-state index contributed by atoms with van der Waals surface area (Å²) in [4.78, 5) is 2.26. The minimum Gasteiger partial charge on any atom is -0.363 e. The molecule has 1 aromatic rings. The number of hydrogen-bond donors (Lipinski definition) is 1. The van der Waals surface area contributed by atoms with Crippen LogP contribution in [0.15, 0.2) is 24.3 Å². The predicted octanol–water partition coefficient (Wildman–Crippen LogP) is 2.28. The average Bonchev–Trinajstić information content (AvgIpc) is 2.53. The first-order chi connectivity index (χ1) is 7.75. The molecule has 2 aliphatic heterocycles. The summed E-state index contributed by atoms with van der Waals surface area (Å²) in [5.74, 6) is -0.102. The van der Waals surface area contributed by atoms with Gasteiger partial charge in [0.25, 0.3) is 0 Å². The number of fused-ring (bicyclic) bond motifs is 2. The molecule has 0 saturated carbocycles. The normalized spacial score (nSPS) is 33.1. The van der Waals surface area contributed by atoms with Gasteiger partial charge in [0.15, 0.2) is 0 Å². The number of halogens is 1. The van der Waals surface area contributed by atoms with Crippen molar-refractivity contribution in [3.05, 3.63) is 30.1 Å². The summed E-state index contributed by atoms with van der Waals surface area (Å²) in [7, 11) is 0. The topological polar surface area (TPSA) is 29.3 Å². The number of piperidine rings is 1. The van der Waals surface area contributed by atoms with Gasteiger partial charge in [-0.1, -0.05) is 12.1 Å². The summed E-state index contributed by atoms with van der Waals surface area (Å²) in [5.41, 5.74) is 6.78. The van der Waals surface area contributed by atoms with E-state index in [2.05, 4.69) is 4.90 Å². The highest BCUT2D eigenvalue weighted by molar-refractivity contribution is 5.51. The van der Waals surface area contributed by atoms with Crippen molar-refractivity contribution < 1.29 is 4.39 Å². The van der Waals surface area contributed by atoms with Gasteiger partial charge in [-0.05, 0) is 37.8 Å². The van der Waals surface area contributed by atoms with E-state index in [1.807, 2.05) is 12.1 Å². The van der Waals surface area contributed by atoms with Gasteiger partial charge in [-0.2, -0.15) is 0 Å². The third-order valence-electron chi connectivity index (χ3n) is 3.90. The number of rotatable bonds is 1. The second-order valence-electron chi connectivity index (χ2n) is 4.98. The zero-order valence-corrected chi connectivity index (χ0v) is 9.27. The standard InChI is InChI=1S/C13H17FN2/c14-12-3-1-2-4-13(12)16-10-5-6-11(16)8-9(15)7-10/h1-4,9-11H,5-8,15H2. The molecule has 0 aromatic heterocycles. The van der Waals surface area contributed by atoms with Crippen molar-refractivity contribution in [3.8, 4) is 0 Å². The van der Waals surface area contributed by atoms with E-state index in [4.69, 9.17) is 5.73 Å². The Morgan fingerprint density at radius 2 is 1.75 bits per heavy atom. The van der Waals surface area contributed by atoms with E-state index in [-0.39, 0.29) is 5.82 Å². The Labute approximate surface area is 95.2 Å². The van der Waals surface area contributed by atoms with Crippen molar-refractivity contribution in [3.63, 3.8) is 0 Å². The van der Waals surface area contributed by atoms with Gasteiger partial charge >= 0.3 is 0 Å². The smallest absolute Gasteiger partial charge is 0.146 e. The van der Waals surface area contributed by atoms with E-state index in [1.54, 1.807) is 12.1 Å². The van der Waals surface area contributed by atoms with Gasteiger partial charge < -0.3 is 10.6 Å². The van der Waals surface area contributed by atoms with Gasteiger partial charge in [0.05, 0.1) is 5.69 Å². The number of nitrogens with two attached hydrogens (primary N) is 1. The number of anilines is 1. The Morgan fingerprint density at radius 1 is 1.12 bits per heavy atom. The van der Waals surface area contributed by atoms with Crippen molar-refractivity contribution in [1.29, 1.82) is 0 Å². The number of para-hydroxylation sites is 1. The van der Waals surface area contributed by atoms with E-state index >= 15 is 0 Å². The van der Waals surface area contributed by atoms with Crippen LogP contribution in [-0.2, 0) is 0 Å². The largest absolute Gasteiger partial charge is 0.363 e. The Morgan fingerprint density at radius 3 is 2.38 bits per heavy atom. The summed E-state index contributed by atoms with van der Waals surface area (Å²) in [6, 6.07) is 8.29. The molecule has 2 fully saturated rings. The lowest BCUT2D eigenvalue weighted by Crippen LogP contribution is -2.47. The maximum Gasteiger partial charge on any atom is 0.146 e. The summed E-state index contributed by atoms with van der Waals surface area (Å²) in [5, 5.41) is 0. The van der Waals surface area contributed by atoms with Gasteiger partial charge in [-0.3, -0.25) is 0 Å². The van der Waals surface area contributed by atoms with Gasteiger partial charge in [0, 0.05) is 18.1 Å². The molecule has 3 rings (SSSR count). The van der Waals surface area contributed by atoms with E-state index < -0.39 is 0 Å². The van der Waals surface area contributed by atoms with Crippen molar-refractivity contribution >= 4 is 5.69 Å². The van der Waals surface area contributed by atoms with Crippen LogP contribution in [-0.4, -0.2) is 18.1 Å². The van der Waals surface area contributed by atoms with Crippen LogP contribution in [0.1, 0.15) is 25.7 Å². The highest BCUT2D eigenvalue weighted by Gasteiger charge is 2.40. The fraction of sp³-hybridized carbons (Fsp3) is 0.538. The minimum absolute atomic E-state index is 0.102. The van der Waals surface area contributed by atoms with E-state index in [9.17, 15) is 4.39 Å². The molecular weight excluding hydrogens is 203 g/mol. The summed E-state index contributed by atoms with van der Waals surface area (Å²) < 4.78 is 13.8. The van der Waals surface area contributed by atoms with Crippen LogP contribution in [0.25, 0.3) is 0 Å². The molecule has 0 aliphatic carbocycles. The molecule has 1 aromatic carbocycles. The maximum atomic E-state index is 13.8. The lowest BCUT2D eigenvalue weighted by molar-refractivity contribution is 0.410. The molecule has 86 valence electrons. The zero-order valence-electron chi connectivity index (χ0n) is 9.27. The summed E-state index contributed by atoms with van der Waals surface area (Å²) >= 11 is 0. The van der Waals surface area contributed by atoms with Crippen LogP contribution in [0.5, 0.6) is 0 Å². The molecule has 2 aliphatic rings. The van der Waals surface area contributed by atoms with Crippen molar-refractivity contribution in [2.75, 3.05) is 4.90 Å². The zero-order chi connectivity index (χ0) is 11.1. The summed E-state index contributed by atoms with van der Waals surface area (Å²) in [6.45, 7) is 0. The van der Waals surface area contributed by atoms with Gasteiger partial charge in [-0.25, -0.2) is 4.39 Å². The molecule has 3 heteroatoms. The quantitative estimate of drug-likeness (QED) is 0.786. The number of nitrogens with zero attached hydrogens (tertiary/aromatic N) is 1. The molecule has 2 bridgehead atoms. The third kappa shape index (κ3) is 1.50. The second-order valence-corrected chi connectivity index (χ2v) is 4.98. The molecule has 0 radical (unpaired) electrons. The number of hydrogen-bond acceptors (Lipinski definition) is 2. The first-order valence-corrected chi connectivity index (χ1v) is 6.04. The molecular formula is C13H17FN2. The van der Waals surface area contributed by atoms with Crippen molar-refractivity contribution in [2.45, 2.75) is 43.8 Å². The van der Waals surface area contributed by atoms with Crippen molar-refractivity contribution in [1.82, 2.24) is 0 Å². The number of benzene rings is 1. The molecule has 0 amide bonds. The lowest BCUT2D eigenvalue weighted by atomic mass is 9.97. The Hall–Kier alpha value is -1.09. The maximum absolute atomic E-state index is 13.8. The molecule has 2 unspecified atom stereocenters. The highest BCUT2D eigenvalue weighted by atomic mass is 19.1. The van der Waals surface area contributed by atoms with Gasteiger partial charge in [-0.15, -0.1) is 0 Å². The van der Waals surface area contributed by atoms with Crippen LogP contribution >= 0.6 is 0 Å². The molecule has 2 N–H and O–H groups in total. The molecule has 0 spiro atoms. The monoisotopic (exact) mass is 220 g/mol. The SMILES string of the molecule is NC1CC2CCC(C1)N2c1ccccc1F. The Kier molecular flexibility index (Phi) is 2.36. The summed E-state index contributed by atoms with van der Waals surface area (Å²) in [6.07, 6.45) is 4.33. The van der Waals surface area contributed by atoms with Gasteiger partial charge in [0.1, 0.15) is 5.82 Å². The van der Waals surface area contributed by atoms with Crippen LogP contribution in [0.3, 0.4) is 0 Å². The second kappa shape index (κ2) is 3.74. The third-order valence-corrected chi connectivity index (χ3v) is 3.90. The van der Waals surface area contributed by atoms with Crippen molar-refractivity contribution in [2.24, 2.45) is 5.73 Å². The average molecular weight is 220 g/mol. The van der Waals surface area contributed by atoms with E-state index in [0.29, 0.717) is 18.1 Å². The molecule has 2 nitrogen and oxygen atoms in total. The van der Waals surface area contributed by atoms with Gasteiger partial charge in [0.2, 0.25) is 0 Å². The minimum atomic E-state index is -0.102. The molecule has 16 heavy (non-hydrogen) atoms. The van der Waals surface area contributed by atoms with E-state index in [0.717, 1.165) is 31.4 Å². The van der Waals surface area contributed by atoms with Crippen LogP contribution < -0.4 is 10.6 Å². The Bertz CT molecular complexity index is 379. The van der Waals surface area contributed by atoms with Crippen LogP contribution in [0.4, 0.5) is 10.1 Å². The first kappa shape index (κ1) is 10.1. The van der Waals surface area contributed by atoms with Crippen LogP contribution in [0, 0.1) is 5.82 Å². The molecule has 2 atom stereocenters. The fourth-order valence-corrected chi connectivity index (χ4v) is 3.27. The van der Waals surface area contributed by atoms with E-state index in [1.165, 1.54) is 0 Å². The highest BCUT2D eigenvalue weighted by Crippen LogP contribution is 2.39. The first-order valence-electron chi connectivity index (χ1n) is 6.04.